The van der Waals surface area contributed by atoms with Gasteiger partial charge in [-0.25, -0.2) is 9.78 Å². The largest absolute Gasteiger partial charge is 0.498 e. The summed E-state index contributed by atoms with van der Waals surface area (Å²) in [5.41, 5.74) is -0.219. The molecule has 0 radical (unpaired) electrons. The van der Waals surface area contributed by atoms with Gasteiger partial charge in [-0.05, 0) is 6.42 Å². The van der Waals surface area contributed by atoms with Crippen molar-refractivity contribution >= 4 is 58.1 Å². The van der Waals surface area contributed by atoms with Gasteiger partial charge in [-0.15, -0.1) is 23.1 Å². The first-order valence-corrected chi connectivity index (χ1v) is 11.5. The number of carboxylic acid groups (broad SMARTS) is 1. The second kappa shape index (κ2) is 10.5. The Morgan fingerprint density at radius 3 is 2.91 bits per heavy atom. The van der Waals surface area contributed by atoms with E-state index in [1.165, 1.54) is 24.3 Å². The third kappa shape index (κ3) is 4.70. The standard InChI is InChI=1S/C18H21N5O7S2/c1-3-4-5-30-22-11(9-6-32-18(20-9)19-8-24)14(25)21-12-15(26)23-13(17(27)28)10(29-2)7-31-16(12)23/h6,8,12,16H,3-5,7H2,1-2H3,(H,21,25)(H,27,28)(H,19,20,24)/t12?,16-/m1/s1. The molecular weight excluding hydrogens is 462 g/mol. The first-order chi connectivity index (χ1) is 15.4. The van der Waals surface area contributed by atoms with Crippen molar-refractivity contribution < 1.29 is 33.9 Å². The number of unbranched alkanes of at least 4 members (excludes halogenated alkanes) is 1. The second-order valence-corrected chi connectivity index (χ2v) is 8.53. The lowest BCUT2D eigenvalue weighted by atomic mass is 10.0. The number of aliphatic carboxylic acids is 1. The van der Waals surface area contributed by atoms with E-state index in [1.54, 1.807) is 0 Å². The summed E-state index contributed by atoms with van der Waals surface area (Å²) in [5, 5.41) is 19.5. The van der Waals surface area contributed by atoms with E-state index in [4.69, 9.17) is 9.57 Å². The normalized spacial score (nSPS) is 20.2. The second-order valence-electron chi connectivity index (χ2n) is 6.57. The SMILES string of the molecule is CCCCON=C(C(=O)NC1C(=O)N2C(C(=O)O)=C(OC)CS[C@H]12)c1csc(NC=O)n1. The number of amides is 3. The molecule has 0 spiro atoms. The quantitative estimate of drug-likeness (QED) is 0.134. The monoisotopic (exact) mass is 483 g/mol. The molecule has 2 aliphatic rings. The number of oxime groups is 1. The van der Waals surface area contributed by atoms with Crippen LogP contribution in [0.4, 0.5) is 5.13 Å². The molecule has 2 atom stereocenters. The summed E-state index contributed by atoms with van der Waals surface area (Å²) >= 11 is 2.37. The zero-order valence-corrected chi connectivity index (χ0v) is 18.8. The number of fused-ring (bicyclic) bond motifs is 1. The molecule has 172 valence electrons. The Morgan fingerprint density at radius 1 is 1.47 bits per heavy atom. The number of thiazole rings is 1. The smallest absolute Gasteiger partial charge is 0.356 e. The molecule has 14 heteroatoms. The number of carboxylic acids is 1. The maximum absolute atomic E-state index is 13.0. The van der Waals surface area contributed by atoms with Crippen LogP contribution in [-0.2, 0) is 28.8 Å². The molecule has 3 N–H and O–H groups in total. The minimum atomic E-state index is -1.28. The van der Waals surface area contributed by atoms with Crippen LogP contribution < -0.4 is 10.6 Å². The van der Waals surface area contributed by atoms with Crippen LogP contribution in [0.25, 0.3) is 0 Å². The molecular formula is C18H21N5O7S2. The van der Waals surface area contributed by atoms with E-state index >= 15 is 0 Å². The maximum atomic E-state index is 13.0. The van der Waals surface area contributed by atoms with Crippen LogP contribution in [0.15, 0.2) is 22.0 Å². The predicted octanol–water partition coefficient (Wildman–Crippen LogP) is 0.575. The van der Waals surface area contributed by atoms with Gasteiger partial charge >= 0.3 is 5.97 Å². The Kier molecular flexibility index (Phi) is 7.69. The molecule has 3 rings (SSSR count). The number of carbonyl (C=O) groups is 4. The lowest BCUT2D eigenvalue weighted by Crippen LogP contribution is -2.71. The van der Waals surface area contributed by atoms with Gasteiger partial charge < -0.3 is 25.3 Å². The number of methoxy groups -OCH3 is 1. The van der Waals surface area contributed by atoms with Gasteiger partial charge in [0.1, 0.15) is 29.5 Å². The summed E-state index contributed by atoms with van der Waals surface area (Å²) in [7, 11) is 1.34. The summed E-state index contributed by atoms with van der Waals surface area (Å²) in [5.74, 6) is -2.14. The first-order valence-electron chi connectivity index (χ1n) is 9.54. The van der Waals surface area contributed by atoms with Crippen molar-refractivity contribution in [1.29, 1.82) is 0 Å². The van der Waals surface area contributed by atoms with Crippen LogP contribution in [0.1, 0.15) is 25.5 Å². The lowest BCUT2D eigenvalue weighted by molar-refractivity contribution is -0.150. The number of aromatic nitrogens is 1. The number of nitrogens with one attached hydrogen (secondary N) is 2. The molecule has 32 heavy (non-hydrogen) atoms. The van der Waals surface area contributed by atoms with Crippen molar-refractivity contribution in [1.82, 2.24) is 15.2 Å². The fourth-order valence-corrected chi connectivity index (χ4v) is 4.95. The zero-order chi connectivity index (χ0) is 23.3. The molecule has 0 aromatic carbocycles. The third-order valence-corrected chi connectivity index (χ3v) is 6.59. The zero-order valence-electron chi connectivity index (χ0n) is 17.2. The molecule has 0 saturated carbocycles. The van der Waals surface area contributed by atoms with E-state index in [-0.39, 0.29) is 40.4 Å². The highest BCUT2D eigenvalue weighted by Gasteiger charge is 2.55. The minimum Gasteiger partial charge on any atom is -0.498 e. The minimum absolute atomic E-state index is 0.157. The van der Waals surface area contributed by atoms with E-state index in [0.717, 1.165) is 29.1 Å². The van der Waals surface area contributed by atoms with E-state index in [9.17, 15) is 24.3 Å². The fraction of sp³-hybridized carbons (Fsp3) is 0.444. The van der Waals surface area contributed by atoms with Gasteiger partial charge in [0, 0.05) is 5.38 Å². The summed E-state index contributed by atoms with van der Waals surface area (Å²) in [6.07, 6.45) is 2.06. The number of hydrogen-bond donors (Lipinski definition) is 3. The van der Waals surface area contributed by atoms with Crippen molar-refractivity contribution in [3.8, 4) is 0 Å². The molecule has 1 aromatic heterocycles. The van der Waals surface area contributed by atoms with E-state index in [1.807, 2.05) is 6.92 Å². The van der Waals surface area contributed by atoms with Gasteiger partial charge in [0.2, 0.25) is 6.41 Å². The van der Waals surface area contributed by atoms with Crippen LogP contribution >= 0.6 is 23.1 Å². The maximum Gasteiger partial charge on any atom is 0.356 e. The van der Waals surface area contributed by atoms with Gasteiger partial charge in [0.15, 0.2) is 16.5 Å². The van der Waals surface area contributed by atoms with Crippen LogP contribution in [0.5, 0.6) is 0 Å². The molecule has 0 aliphatic carbocycles. The average Bonchev–Trinajstić information content (AvgIpc) is 3.24. The Hall–Kier alpha value is -3.13. The predicted molar refractivity (Wildman–Crippen MR) is 116 cm³/mol. The van der Waals surface area contributed by atoms with E-state index in [0.29, 0.717) is 6.41 Å². The first kappa shape index (κ1) is 23.5. The Bertz CT molecular complexity index is 977. The molecule has 0 bridgehead atoms. The molecule has 1 saturated heterocycles. The number of nitrogens with zero attached hydrogens (tertiary/aromatic N) is 3. The number of β-lactam (4-membered cyclic amide) rings is 1. The van der Waals surface area contributed by atoms with Crippen LogP contribution in [0, 0.1) is 0 Å². The van der Waals surface area contributed by atoms with Gasteiger partial charge in [-0.1, -0.05) is 18.5 Å². The Balaban J connectivity index is 1.78. The van der Waals surface area contributed by atoms with Gasteiger partial charge in [-0.2, -0.15) is 0 Å². The molecule has 1 unspecified atom stereocenters. The summed E-state index contributed by atoms with van der Waals surface area (Å²) in [6, 6.07) is -0.952. The van der Waals surface area contributed by atoms with Crippen LogP contribution in [0.3, 0.4) is 0 Å². The molecule has 3 heterocycles. The highest BCUT2D eigenvalue weighted by molar-refractivity contribution is 8.00. The summed E-state index contributed by atoms with van der Waals surface area (Å²) in [4.78, 5) is 58.3. The fourth-order valence-electron chi connectivity index (χ4n) is 2.98. The lowest BCUT2D eigenvalue weighted by Gasteiger charge is -2.48. The van der Waals surface area contributed by atoms with Gasteiger partial charge in [-0.3, -0.25) is 19.3 Å². The van der Waals surface area contributed by atoms with Crippen molar-refractivity contribution in [3.05, 3.63) is 22.5 Å². The highest BCUT2D eigenvalue weighted by atomic mass is 32.2. The number of anilines is 1. The van der Waals surface area contributed by atoms with Gasteiger partial charge in [0.05, 0.1) is 12.9 Å². The summed E-state index contributed by atoms with van der Waals surface area (Å²) in [6.45, 7) is 2.27. The molecule has 2 aliphatic heterocycles. The van der Waals surface area contributed by atoms with E-state index in [2.05, 4.69) is 20.8 Å². The van der Waals surface area contributed by atoms with Crippen LogP contribution in [0.2, 0.25) is 0 Å². The third-order valence-electron chi connectivity index (χ3n) is 4.56. The van der Waals surface area contributed by atoms with Crippen molar-refractivity contribution in [3.63, 3.8) is 0 Å². The molecule has 1 fully saturated rings. The number of ether oxygens (including phenoxy) is 1. The number of hydrogen-bond acceptors (Lipinski definition) is 10. The van der Waals surface area contributed by atoms with Crippen molar-refractivity contribution in [2.45, 2.75) is 31.2 Å². The molecule has 1 aromatic rings. The highest BCUT2D eigenvalue weighted by Crippen LogP contribution is 2.40. The summed E-state index contributed by atoms with van der Waals surface area (Å²) < 4.78 is 5.09. The van der Waals surface area contributed by atoms with Crippen molar-refractivity contribution in [2.24, 2.45) is 5.16 Å². The molecule has 12 nitrogen and oxygen atoms in total. The van der Waals surface area contributed by atoms with Crippen LogP contribution in [-0.4, -0.2) is 75.8 Å². The Labute approximate surface area is 191 Å². The molecule has 3 amide bonds. The van der Waals surface area contributed by atoms with Gasteiger partial charge in [0.25, 0.3) is 11.8 Å². The number of carbonyl (C=O) groups excluding carboxylic acids is 3. The van der Waals surface area contributed by atoms with Crippen molar-refractivity contribution in [2.75, 3.05) is 24.8 Å². The Morgan fingerprint density at radius 2 is 2.25 bits per heavy atom. The van der Waals surface area contributed by atoms with E-state index < -0.39 is 29.2 Å². The number of thioether (sulfide) groups is 1. The topological polar surface area (TPSA) is 160 Å². The average molecular weight is 484 g/mol. The number of rotatable bonds is 11.